The molecule has 0 aliphatic rings. The van der Waals surface area contributed by atoms with Gasteiger partial charge in [0, 0.05) is 10.7 Å². The molecular weight excluding hydrogens is 482 g/mol. The second-order valence-corrected chi connectivity index (χ2v) is 7.78. The summed E-state index contributed by atoms with van der Waals surface area (Å²) in [5, 5.41) is 7.22. The van der Waals surface area contributed by atoms with Crippen molar-refractivity contribution in [2.45, 2.75) is 13.0 Å². The van der Waals surface area contributed by atoms with Crippen LogP contribution in [0.25, 0.3) is 0 Å². The standard InChI is InChI=1S/C23H19BrClN3O3/c24-20-12-17(8-11-21(20)31-15-16-6-9-18(25)10-7-16)14-26-28-23(30)13-22(29)27-19-4-2-1-3-5-19/h1-12,14H,13,15H2,(H,27,29)(H,28,30). The maximum atomic E-state index is 11.9. The number of hydrazone groups is 1. The summed E-state index contributed by atoms with van der Waals surface area (Å²) in [6.45, 7) is 0.407. The fourth-order valence-electron chi connectivity index (χ4n) is 2.55. The van der Waals surface area contributed by atoms with Crippen molar-refractivity contribution in [3.63, 3.8) is 0 Å². The van der Waals surface area contributed by atoms with Crippen LogP contribution < -0.4 is 15.5 Å². The monoisotopic (exact) mass is 499 g/mol. The van der Waals surface area contributed by atoms with Gasteiger partial charge in [0.1, 0.15) is 18.8 Å². The highest BCUT2D eigenvalue weighted by Crippen LogP contribution is 2.26. The Bertz CT molecular complexity index is 1070. The van der Waals surface area contributed by atoms with Gasteiger partial charge >= 0.3 is 0 Å². The lowest BCUT2D eigenvalue weighted by Gasteiger charge is -2.09. The van der Waals surface area contributed by atoms with Gasteiger partial charge in [0.15, 0.2) is 0 Å². The first-order valence-corrected chi connectivity index (χ1v) is 10.5. The van der Waals surface area contributed by atoms with Crippen molar-refractivity contribution in [2.75, 3.05) is 5.32 Å². The second kappa shape index (κ2) is 11.3. The molecule has 6 nitrogen and oxygen atoms in total. The number of benzene rings is 3. The van der Waals surface area contributed by atoms with Crippen molar-refractivity contribution < 1.29 is 14.3 Å². The molecule has 3 rings (SSSR count). The first-order chi connectivity index (χ1) is 15.0. The maximum Gasteiger partial charge on any atom is 0.249 e. The van der Waals surface area contributed by atoms with E-state index < -0.39 is 11.8 Å². The number of carbonyl (C=O) groups is 2. The predicted molar refractivity (Wildman–Crippen MR) is 125 cm³/mol. The molecule has 0 radical (unpaired) electrons. The molecule has 0 saturated heterocycles. The molecule has 2 amide bonds. The third kappa shape index (κ3) is 7.55. The van der Waals surface area contributed by atoms with Crippen LogP contribution in [0.2, 0.25) is 5.02 Å². The van der Waals surface area contributed by atoms with Gasteiger partial charge in [-0.3, -0.25) is 9.59 Å². The molecule has 3 aromatic rings. The highest BCUT2D eigenvalue weighted by Gasteiger charge is 2.09. The van der Waals surface area contributed by atoms with E-state index in [0.717, 1.165) is 15.6 Å². The van der Waals surface area contributed by atoms with Crippen molar-refractivity contribution in [2.24, 2.45) is 5.10 Å². The van der Waals surface area contributed by atoms with Gasteiger partial charge < -0.3 is 10.1 Å². The summed E-state index contributed by atoms with van der Waals surface area (Å²) in [4.78, 5) is 23.7. The Hall–Kier alpha value is -3.16. The Morgan fingerprint density at radius 1 is 1.00 bits per heavy atom. The van der Waals surface area contributed by atoms with E-state index in [1.165, 1.54) is 6.21 Å². The van der Waals surface area contributed by atoms with E-state index in [1.807, 2.05) is 36.4 Å². The van der Waals surface area contributed by atoms with Gasteiger partial charge in [-0.05, 0) is 69.5 Å². The number of carbonyl (C=O) groups excluding carboxylic acids is 2. The number of anilines is 1. The van der Waals surface area contributed by atoms with E-state index in [1.54, 1.807) is 36.4 Å². The summed E-state index contributed by atoms with van der Waals surface area (Å²) in [5.41, 5.74) is 4.73. The lowest BCUT2D eigenvalue weighted by atomic mass is 10.2. The summed E-state index contributed by atoms with van der Waals surface area (Å²) in [6.07, 6.45) is 1.16. The highest BCUT2D eigenvalue weighted by molar-refractivity contribution is 9.10. The minimum Gasteiger partial charge on any atom is -0.488 e. The van der Waals surface area contributed by atoms with Gasteiger partial charge in [-0.15, -0.1) is 0 Å². The van der Waals surface area contributed by atoms with Crippen LogP contribution in [0.4, 0.5) is 5.69 Å². The van der Waals surface area contributed by atoms with E-state index in [-0.39, 0.29) is 6.42 Å². The number of halogens is 2. The van der Waals surface area contributed by atoms with E-state index in [9.17, 15) is 9.59 Å². The Balaban J connectivity index is 1.46. The Morgan fingerprint density at radius 2 is 1.74 bits per heavy atom. The SMILES string of the molecule is O=C(CC(=O)Nc1ccccc1)NN=Cc1ccc(OCc2ccc(Cl)cc2)c(Br)c1. The first-order valence-electron chi connectivity index (χ1n) is 9.33. The molecule has 0 unspecified atom stereocenters. The molecule has 0 bridgehead atoms. The molecule has 3 aromatic carbocycles. The third-order valence-electron chi connectivity index (χ3n) is 4.05. The van der Waals surface area contributed by atoms with Crippen LogP contribution in [0.5, 0.6) is 5.75 Å². The number of amides is 2. The topological polar surface area (TPSA) is 79.8 Å². The van der Waals surface area contributed by atoms with Crippen LogP contribution in [-0.4, -0.2) is 18.0 Å². The minimum absolute atomic E-state index is 0.326. The normalized spacial score (nSPS) is 10.6. The molecule has 8 heteroatoms. The zero-order valence-corrected chi connectivity index (χ0v) is 18.7. The molecule has 0 aliphatic heterocycles. The number of para-hydroxylation sites is 1. The summed E-state index contributed by atoms with van der Waals surface area (Å²) in [5.74, 6) is -0.246. The average Bonchev–Trinajstić information content (AvgIpc) is 2.75. The molecule has 0 aromatic heterocycles. The largest absolute Gasteiger partial charge is 0.488 e. The van der Waals surface area contributed by atoms with Crippen molar-refractivity contribution in [1.29, 1.82) is 0 Å². The molecule has 2 N–H and O–H groups in total. The Kier molecular flexibility index (Phi) is 8.20. The van der Waals surface area contributed by atoms with Gasteiger partial charge in [0.25, 0.3) is 0 Å². The lowest BCUT2D eigenvalue weighted by Crippen LogP contribution is -2.24. The average molecular weight is 501 g/mol. The van der Waals surface area contributed by atoms with Gasteiger partial charge in [0.05, 0.1) is 10.7 Å². The number of hydrogen-bond acceptors (Lipinski definition) is 4. The molecule has 158 valence electrons. The number of hydrogen-bond donors (Lipinski definition) is 2. The minimum atomic E-state index is -0.508. The van der Waals surface area contributed by atoms with Crippen LogP contribution in [0.15, 0.2) is 82.4 Å². The van der Waals surface area contributed by atoms with Gasteiger partial charge in [0.2, 0.25) is 11.8 Å². The van der Waals surface area contributed by atoms with Gasteiger partial charge in [-0.25, -0.2) is 5.43 Å². The van der Waals surface area contributed by atoms with Crippen LogP contribution in [0.1, 0.15) is 17.5 Å². The third-order valence-corrected chi connectivity index (χ3v) is 4.92. The van der Waals surface area contributed by atoms with Crippen molar-refractivity contribution in [3.05, 3.63) is 93.4 Å². The summed E-state index contributed by atoms with van der Waals surface area (Å²) < 4.78 is 6.55. The Morgan fingerprint density at radius 3 is 2.45 bits per heavy atom. The molecule has 0 saturated carbocycles. The zero-order chi connectivity index (χ0) is 22.1. The van der Waals surface area contributed by atoms with Crippen molar-refractivity contribution >= 4 is 51.2 Å². The summed E-state index contributed by atoms with van der Waals surface area (Å²) in [7, 11) is 0. The summed E-state index contributed by atoms with van der Waals surface area (Å²) >= 11 is 9.35. The molecular formula is C23H19BrClN3O3. The van der Waals surface area contributed by atoms with Crippen LogP contribution in [0, 0.1) is 0 Å². The lowest BCUT2D eigenvalue weighted by molar-refractivity contribution is -0.126. The number of nitrogens with one attached hydrogen (secondary N) is 2. The summed E-state index contributed by atoms with van der Waals surface area (Å²) in [6, 6.07) is 21.8. The van der Waals surface area contributed by atoms with Crippen molar-refractivity contribution in [1.82, 2.24) is 5.43 Å². The quantitative estimate of drug-likeness (QED) is 0.255. The molecule has 0 aliphatic carbocycles. The highest BCUT2D eigenvalue weighted by atomic mass is 79.9. The first kappa shape index (κ1) is 22.5. The fraction of sp³-hybridized carbons (Fsp3) is 0.0870. The number of rotatable bonds is 8. The molecule has 0 spiro atoms. The zero-order valence-electron chi connectivity index (χ0n) is 16.3. The predicted octanol–water partition coefficient (Wildman–Crippen LogP) is 5.16. The van der Waals surface area contributed by atoms with E-state index >= 15 is 0 Å². The van der Waals surface area contributed by atoms with E-state index in [0.29, 0.717) is 23.1 Å². The second-order valence-electron chi connectivity index (χ2n) is 6.49. The smallest absolute Gasteiger partial charge is 0.249 e. The maximum absolute atomic E-state index is 11.9. The number of nitrogens with zero attached hydrogens (tertiary/aromatic N) is 1. The van der Waals surface area contributed by atoms with Gasteiger partial charge in [-0.1, -0.05) is 41.9 Å². The van der Waals surface area contributed by atoms with E-state index in [2.05, 4.69) is 31.8 Å². The molecule has 31 heavy (non-hydrogen) atoms. The van der Waals surface area contributed by atoms with Crippen LogP contribution in [-0.2, 0) is 16.2 Å². The van der Waals surface area contributed by atoms with Crippen LogP contribution in [0.3, 0.4) is 0 Å². The fourth-order valence-corrected chi connectivity index (χ4v) is 3.18. The molecule has 0 fully saturated rings. The molecule has 0 heterocycles. The van der Waals surface area contributed by atoms with E-state index in [4.69, 9.17) is 16.3 Å². The van der Waals surface area contributed by atoms with Crippen molar-refractivity contribution in [3.8, 4) is 5.75 Å². The number of ether oxygens (including phenoxy) is 1. The molecule has 0 atom stereocenters. The Labute approximate surface area is 193 Å². The van der Waals surface area contributed by atoms with Crippen LogP contribution >= 0.6 is 27.5 Å². The van der Waals surface area contributed by atoms with Gasteiger partial charge in [-0.2, -0.15) is 5.10 Å².